The van der Waals surface area contributed by atoms with E-state index in [1.165, 1.54) is 5.56 Å². The van der Waals surface area contributed by atoms with Gasteiger partial charge in [0, 0.05) is 35.5 Å². The summed E-state index contributed by atoms with van der Waals surface area (Å²) in [6, 6.07) is 13.5. The van der Waals surface area contributed by atoms with E-state index in [4.69, 9.17) is 9.47 Å². The Morgan fingerprint density at radius 2 is 1.77 bits per heavy atom. The van der Waals surface area contributed by atoms with Crippen molar-refractivity contribution in [2.75, 3.05) is 21.3 Å². The van der Waals surface area contributed by atoms with Gasteiger partial charge in [-0.1, -0.05) is 24.3 Å². The number of nitrogens with zero attached hydrogens (tertiary/aromatic N) is 1. The van der Waals surface area contributed by atoms with Crippen molar-refractivity contribution in [1.29, 1.82) is 0 Å². The van der Waals surface area contributed by atoms with Gasteiger partial charge in [-0.3, -0.25) is 4.79 Å². The summed E-state index contributed by atoms with van der Waals surface area (Å²) < 4.78 is 10.6. The number of methoxy groups -OCH3 is 2. The lowest BCUT2D eigenvalue weighted by molar-refractivity contribution is 0.104. The van der Waals surface area contributed by atoms with Gasteiger partial charge in [0.2, 0.25) is 0 Å². The zero-order valence-corrected chi connectivity index (χ0v) is 16.0. The fourth-order valence-electron chi connectivity index (χ4n) is 3.39. The summed E-state index contributed by atoms with van der Waals surface area (Å²) in [5.74, 6) is 1.10. The molecule has 0 bridgehead atoms. The van der Waals surface area contributed by atoms with Gasteiger partial charge in [0.15, 0.2) is 17.3 Å². The van der Waals surface area contributed by atoms with Gasteiger partial charge in [0.25, 0.3) is 0 Å². The molecule has 3 rings (SSSR count). The molecule has 0 atom stereocenters. The van der Waals surface area contributed by atoms with Gasteiger partial charge in [0.05, 0.1) is 14.2 Å². The molecule has 1 aliphatic rings. The van der Waals surface area contributed by atoms with Crippen molar-refractivity contribution in [3.8, 4) is 11.5 Å². The minimum Gasteiger partial charge on any atom is -0.493 e. The molecular formula is C22H25NO3. The van der Waals surface area contributed by atoms with E-state index in [1.807, 2.05) is 19.2 Å². The maximum Gasteiger partial charge on any atom is 0.188 e. The molecule has 4 nitrogen and oxygen atoms in total. The van der Waals surface area contributed by atoms with Crippen LogP contribution in [0.2, 0.25) is 0 Å². The Bertz CT molecular complexity index is 867. The summed E-state index contributed by atoms with van der Waals surface area (Å²) in [6.07, 6.45) is 2.67. The van der Waals surface area contributed by atoms with Crippen LogP contribution in [0, 0.1) is 0 Å². The molecule has 0 saturated heterocycles. The normalized spacial score (nSPS) is 17.0. The molecule has 1 aliphatic heterocycles. The summed E-state index contributed by atoms with van der Waals surface area (Å²) >= 11 is 0. The molecule has 136 valence electrons. The fraction of sp³-hybridized carbons (Fsp3) is 0.318. The molecule has 0 N–H and O–H groups in total. The minimum atomic E-state index is -0.0575. The number of likely N-dealkylation sites (N-methyl/N-ethyl adjacent to an activating group) is 1. The van der Waals surface area contributed by atoms with Crippen LogP contribution >= 0.6 is 0 Å². The van der Waals surface area contributed by atoms with E-state index in [0.29, 0.717) is 17.1 Å². The van der Waals surface area contributed by atoms with Crippen molar-refractivity contribution in [2.45, 2.75) is 25.8 Å². The molecule has 2 aromatic carbocycles. The van der Waals surface area contributed by atoms with E-state index in [0.717, 1.165) is 17.7 Å². The van der Waals surface area contributed by atoms with Gasteiger partial charge in [-0.2, -0.15) is 0 Å². The Morgan fingerprint density at radius 1 is 1.08 bits per heavy atom. The third kappa shape index (κ3) is 3.19. The second kappa shape index (κ2) is 6.87. The molecule has 4 heteroatoms. The highest BCUT2D eigenvalue weighted by Gasteiger charge is 2.33. The third-order valence-electron chi connectivity index (χ3n) is 5.12. The quantitative estimate of drug-likeness (QED) is 0.611. The molecule has 0 amide bonds. The molecule has 0 aliphatic carbocycles. The molecule has 0 unspecified atom stereocenters. The molecule has 0 fully saturated rings. The van der Waals surface area contributed by atoms with E-state index < -0.39 is 0 Å². The maximum atomic E-state index is 12.9. The molecule has 0 saturated carbocycles. The van der Waals surface area contributed by atoms with Crippen LogP contribution in [-0.4, -0.2) is 37.5 Å². The molecule has 2 aromatic rings. The highest BCUT2D eigenvalue weighted by atomic mass is 16.5. The zero-order valence-electron chi connectivity index (χ0n) is 16.0. The largest absolute Gasteiger partial charge is 0.493 e. The van der Waals surface area contributed by atoms with Crippen molar-refractivity contribution < 1.29 is 14.3 Å². The maximum absolute atomic E-state index is 12.9. The number of allylic oxidation sites excluding steroid dienone is 1. The number of carbonyl (C=O) groups is 1. The number of hydrogen-bond acceptors (Lipinski definition) is 4. The molecule has 0 spiro atoms. The summed E-state index contributed by atoms with van der Waals surface area (Å²) in [7, 11) is 5.19. The second-order valence-corrected chi connectivity index (χ2v) is 7.17. The van der Waals surface area contributed by atoms with Gasteiger partial charge in [-0.05, 0) is 44.0 Å². The summed E-state index contributed by atoms with van der Waals surface area (Å²) in [5, 5.41) is 0. The number of carbonyl (C=O) groups excluding carboxylic acids is 1. The Labute approximate surface area is 155 Å². The van der Waals surface area contributed by atoms with Crippen LogP contribution in [0.3, 0.4) is 0 Å². The Hall–Kier alpha value is -2.75. The number of ether oxygens (including phenoxy) is 2. The first-order chi connectivity index (χ1) is 12.4. The van der Waals surface area contributed by atoms with Crippen LogP contribution in [0.5, 0.6) is 11.5 Å². The van der Waals surface area contributed by atoms with Crippen LogP contribution in [0.4, 0.5) is 0 Å². The fourth-order valence-corrected chi connectivity index (χ4v) is 3.39. The molecule has 0 radical (unpaired) electrons. The topological polar surface area (TPSA) is 38.8 Å². The predicted molar refractivity (Wildman–Crippen MR) is 104 cm³/mol. The average Bonchev–Trinajstić information content (AvgIpc) is 2.64. The van der Waals surface area contributed by atoms with Crippen molar-refractivity contribution >= 4 is 11.5 Å². The van der Waals surface area contributed by atoms with Crippen molar-refractivity contribution in [1.82, 2.24) is 4.90 Å². The summed E-state index contributed by atoms with van der Waals surface area (Å²) in [6.45, 7) is 4.38. The van der Waals surface area contributed by atoms with Gasteiger partial charge < -0.3 is 14.4 Å². The van der Waals surface area contributed by atoms with Gasteiger partial charge in [0.1, 0.15) is 0 Å². The smallest absolute Gasteiger partial charge is 0.188 e. The molecule has 1 heterocycles. The molecule has 26 heavy (non-hydrogen) atoms. The number of hydrogen-bond donors (Lipinski definition) is 0. The first kappa shape index (κ1) is 18.1. The Kier molecular flexibility index (Phi) is 4.77. The first-order valence-corrected chi connectivity index (χ1v) is 8.67. The second-order valence-electron chi connectivity index (χ2n) is 7.17. The minimum absolute atomic E-state index is 0.0553. The van der Waals surface area contributed by atoms with Crippen LogP contribution in [-0.2, 0) is 6.42 Å². The number of benzene rings is 2. The van der Waals surface area contributed by atoms with Crippen LogP contribution in [0.1, 0.15) is 35.3 Å². The highest BCUT2D eigenvalue weighted by Crippen LogP contribution is 2.37. The first-order valence-electron chi connectivity index (χ1n) is 8.67. The monoisotopic (exact) mass is 351 g/mol. The Balaban J connectivity index is 2.04. The van der Waals surface area contributed by atoms with Gasteiger partial charge in [-0.25, -0.2) is 0 Å². The standard InChI is InChI=1S/C22H25NO3/c1-22(2)14-16-8-6-7-9-17(16)18(23(22)3)13-19(24)15-10-11-20(25-4)21(12-15)26-5/h6-13H,14H2,1-5H3/b18-13-. The van der Waals surface area contributed by atoms with E-state index in [2.05, 4.69) is 30.9 Å². The van der Waals surface area contributed by atoms with E-state index >= 15 is 0 Å². The highest BCUT2D eigenvalue weighted by molar-refractivity contribution is 6.09. The average molecular weight is 351 g/mol. The third-order valence-corrected chi connectivity index (χ3v) is 5.12. The van der Waals surface area contributed by atoms with Gasteiger partial charge in [-0.15, -0.1) is 0 Å². The van der Waals surface area contributed by atoms with Crippen LogP contribution in [0.15, 0.2) is 48.5 Å². The molecular weight excluding hydrogens is 326 g/mol. The number of fused-ring (bicyclic) bond motifs is 1. The lowest BCUT2D eigenvalue weighted by Crippen LogP contribution is -2.45. The van der Waals surface area contributed by atoms with Gasteiger partial charge >= 0.3 is 0 Å². The van der Waals surface area contributed by atoms with E-state index in [1.54, 1.807) is 38.5 Å². The lowest BCUT2D eigenvalue weighted by Gasteiger charge is -2.44. The number of rotatable bonds is 4. The van der Waals surface area contributed by atoms with Crippen molar-refractivity contribution in [3.05, 3.63) is 65.2 Å². The Morgan fingerprint density at radius 3 is 2.46 bits per heavy atom. The van der Waals surface area contributed by atoms with Crippen LogP contribution < -0.4 is 9.47 Å². The molecule has 0 aromatic heterocycles. The van der Waals surface area contributed by atoms with Crippen molar-refractivity contribution in [3.63, 3.8) is 0 Å². The summed E-state index contributed by atoms with van der Waals surface area (Å²) in [5.41, 5.74) is 3.84. The lowest BCUT2D eigenvalue weighted by atomic mass is 9.84. The number of ketones is 1. The SMILES string of the molecule is COc1ccc(C(=O)/C=C2/c3ccccc3CC(C)(C)N2C)cc1OC. The predicted octanol–water partition coefficient (Wildman–Crippen LogP) is 4.19. The van der Waals surface area contributed by atoms with E-state index in [9.17, 15) is 4.79 Å². The summed E-state index contributed by atoms with van der Waals surface area (Å²) in [4.78, 5) is 15.1. The van der Waals surface area contributed by atoms with Crippen LogP contribution in [0.25, 0.3) is 5.70 Å². The zero-order chi connectivity index (χ0) is 18.9. The van der Waals surface area contributed by atoms with Crippen molar-refractivity contribution in [2.24, 2.45) is 0 Å². The van der Waals surface area contributed by atoms with E-state index in [-0.39, 0.29) is 11.3 Å².